The van der Waals surface area contributed by atoms with E-state index in [9.17, 15) is 0 Å². The Morgan fingerprint density at radius 1 is 0.967 bits per heavy atom. The summed E-state index contributed by atoms with van der Waals surface area (Å²) in [7, 11) is 5.62. The molecule has 0 N–H and O–H groups in total. The lowest BCUT2D eigenvalue weighted by Crippen LogP contribution is -2.52. The van der Waals surface area contributed by atoms with Crippen LogP contribution in [0.1, 0.15) is 42.9 Å². The number of ether oxygens (including phenoxy) is 4. The summed E-state index contributed by atoms with van der Waals surface area (Å²) in [5.41, 5.74) is 2.63. The third-order valence-corrected chi connectivity index (χ3v) is 7.52. The second-order valence-electron chi connectivity index (χ2n) is 8.92. The highest BCUT2D eigenvalue weighted by atomic mass is 16.7. The van der Waals surface area contributed by atoms with Gasteiger partial charge in [0.2, 0.25) is 0 Å². The van der Waals surface area contributed by atoms with E-state index in [0.717, 1.165) is 43.7 Å². The van der Waals surface area contributed by atoms with Crippen LogP contribution in [0, 0.1) is 0 Å². The van der Waals surface area contributed by atoms with E-state index in [1.54, 1.807) is 14.2 Å². The van der Waals surface area contributed by atoms with Gasteiger partial charge in [0.15, 0.2) is 17.3 Å². The Labute approximate surface area is 178 Å². The number of rotatable bonds is 4. The first kappa shape index (κ1) is 19.9. The van der Waals surface area contributed by atoms with Crippen molar-refractivity contribution in [2.24, 2.45) is 0 Å². The molecule has 3 fully saturated rings. The van der Waals surface area contributed by atoms with Crippen LogP contribution in [0.5, 0.6) is 11.5 Å². The standard InChI is InChI=1S/C25H31NO4/c1-26-14-13-24(19-9-10-20(27-2)21(15-19)28-3)11-12-25(16-23(24)26)29-17-22(30-25)18-7-5-4-6-8-18/h4-10,15,22-23H,11-14,16-17H2,1-3H3/t22?,23-,24-,25?/m0/s1. The van der Waals surface area contributed by atoms with Crippen molar-refractivity contribution < 1.29 is 18.9 Å². The van der Waals surface area contributed by atoms with Gasteiger partial charge in [0.1, 0.15) is 6.10 Å². The number of benzene rings is 2. The van der Waals surface area contributed by atoms with E-state index in [4.69, 9.17) is 18.9 Å². The van der Waals surface area contributed by atoms with Crippen molar-refractivity contribution in [1.29, 1.82) is 0 Å². The Hall–Kier alpha value is -2.08. The molecule has 5 heteroatoms. The smallest absolute Gasteiger partial charge is 0.170 e. The first-order chi connectivity index (χ1) is 14.6. The van der Waals surface area contributed by atoms with Crippen molar-refractivity contribution in [3.05, 3.63) is 59.7 Å². The summed E-state index contributed by atoms with van der Waals surface area (Å²) >= 11 is 0. The van der Waals surface area contributed by atoms with Crippen LogP contribution in [-0.2, 0) is 14.9 Å². The molecule has 2 aromatic carbocycles. The summed E-state index contributed by atoms with van der Waals surface area (Å²) in [5.74, 6) is 1.10. The highest BCUT2D eigenvalue weighted by Crippen LogP contribution is 2.55. The monoisotopic (exact) mass is 409 g/mol. The van der Waals surface area contributed by atoms with Crippen molar-refractivity contribution in [2.45, 2.75) is 49.0 Å². The van der Waals surface area contributed by atoms with E-state index in [0.29, 0.717) is 12.6 Å². The van der Waals surface area contributed by atoms with E-state index in [2.05, 4.69) is 48.3 Å². The zero-order chi connectivity index (χ0) is 20.8. The van der Waals surface area contributed by atoms with Gasteiger partial charge in [0.05, 0.1) is 20.8 Å². The zero-order valence-corrected chi connectivity index (χ0v) is 18.1. The van der Waals surface area contributed by atoms with Crippen molar-refractivity contribution in [1.82, 2.24) is 4.90 Å². The second-order valence-corrected chi connectivity index (χ2v) is 8.92. The van der Waals surface area contributed by atoms with Crippen LogP contribution in [-0.4, -0.2) is 51.1 Å². The molecular weight excluding hydrogens is 378 g/mol. The molecule has 1 aliphatic carbocycles. The molecule has 3 aliphatic rings. The van der Waals surface area contributed by atoms with Gasteiger partial charge in [-0.1, -0.05) is 36.4 Å². The maximum absolute atomic E-state index is 6.60. The zero-order valence-electron chi connectivity index (χ0n) is 18.1. The molecule has 0 radical (unpaired) electrons. The minimum absolute atomic E-state index is 0.0199. The highest BCUT2D eigenvalue weighted by molar-refractivity contribution is 5.46. The maximum atomic E-state index is 6.60. The minimum atomic E-state index is -0.482. The lowest BCUT2D eigenvalue weighted by Gasteiger charge is -2.48. The van der Waals surface area contributed by atoms with Crippen LogP contribution in [0.2, 0.25) is 0 Å². The molecule has 30 heavy (non-hydrogen) atoms. The Bertz CT molecular complexity index is 903. The van der Waals surface area contributed by atoms with Crippen LogP contribution in [0.15, 0.2) is 48.5 Å². The Morgan fingerprint density at radius 2 is 1.77 bits per heavy atom. The lowest BCUT2D eigenvalue weighted by molar-refractivity contribution is -0.204. The molecule has 4 atom stereocenters. The van der Waals surface area contributed by atoms with Crippen LogP contribution in [0.4, 0.5) is 0 Å². The van der Waals surface area contributed by atoms with Crippen molar-refractivity contribution >= 4 is 0 Å². The summed E-state index contributed by atoms with van der Waals surface area (Å²) < 4.78 is 24.0. The second kappa shape index (κ2) is 7.56. The van der Waals surface area contributed by atoms with E-state index < -0.39 is 5.79 Å². The van der Waals surface area contributed by atoms with Gasteiger partial charge in [-0.15, -0.1) is 0 Å². The summed E-state index contributed by atoms with van der Waals surface area (Å²) in [6, 6.07) is 17.2. The first-order valence-electron chi connectivity index (χ1n) is 10.9. The van der Waals surface area contributed by atoms with Gasteiger partial charge in [0.25, 0.3) is 0 Å². The molecule has 2 saturated heterocycles. The molecule has 0 amide bonds. The van der Waals surface area contributed by atoms with Crippen LogP contribution in [0.3, 0.4) is 0 Å². The normalized spacial score (nSPS) is 33.6. The Kier molecular flexibility index (Phi) is 5.00. The summed E-state index contributed by atoms with van der Waals surface area (Å²) in [6.45, 7) is 1.71. The Balaban J connectivity index is 1.42. The topological polar surface area (TPSA) is 40.2 Å². The van der Waals surface area contributed by atoms with Gasteiger partial charge in [-0.2, -0.15) is 0 Å². The molecule has 1 spiro atoms. The van der Waals surface area contributed by atoms with Crippen molar-refractivity contribution in [3.63, 3.8) is 0 Å². The minimum Gasteiger partial charge on any atom is -0.493 e. The third-order valence-electron chi connectivity index (χ3n) is 7.52. The number of likely N-dealkylation sites (tertiary alicyclic amines) is 1. The van der Waals surface area contributed by atoms with E-state index in [1.807, 2.05) is 12.1 Å². The average Bonchev–Trinajstić information content (AvgIpc) is 3.36. The molecule has 2 heterocycles. The van der Waals surface area contributed by atoms with Crippen molar-refractivity contribution in [3.8, 4) is 11.5 Å². The number of hydrogen-bond acceptors (Lipinski definition) is 5. The SMILES string of the molecule is COc1ccc([C@]23CCN(C)[C@H]2CC2(CC3)OCC(c3ccccc3)O2)cc1OC. The fraction of sp³-hybridized carbons (Fsp3) is 0.520. The fourth-order valence-corrected chi connectivity index (χ4v) is 5.83. The number of hydrogen-bond donors (Lipinski definition) is 0. The number of nitrogens with zero attached hydrogens (tertiary/aromatic N) is 1. The molecule has 0 bridgehead atoms. The summed E-state index contributed by atoms with van der Waals surface area (Å²) in [6.07, 6.45) is 4.00. The number of likely N-dealkylation sites (N-methyl/N-ethyl adjacent to an activating group) is 1. The molecule has 160 valence electrons. The van der Waals surface area contributed by atoms with Gasteiger partial charge >= 0.3 is 0 Å². The lowest BCUT2D eigenvalue weighted by atomic mass is 9.64. The fourth-order valence-electron chi connectivity index (χ4n) is 5.83. The van der Waals surface area contributed by atoms with E-state index >= 15 is 0 Å². The van der Waals surface area contributed by atoms with E-state index in [1.165, 1.54) is 11.1 Å². The summed E-state index contributed by atoms with van der Waals surface area (Å²) in [4.78, 5) is 2.49. The number of fused-ring (bicyclic) bond motifs is 1. The van der Waals surface area contributed by atoms with Crippen LogP contribution < -0.4 is 9.47 Å². The van der Waals surface area contributed by atoms with Gasteiger partial charge < -0.3 is 23.8 Å². The number of methoxy groups -OCH3 is 2. The first-order valence-corrected chi connectivity index (χ1v) is 10.9. The maximum Gasteiger partial charge on any atom is 0.170 e. The quantitative estimate of drug-likeness (QED) is 0.752. The Morgan fingerprint density at radius 3 is 2.53 bits per heavy atom. The molecule has 5 nitrogen and oxygen atoms in total. The van der Waals surface area contributed by atoms with Gasteiger partial charge in [0, 0.05) is 24.3 Å². The van der Waals surface area contributed by atoms with Gasteiger partial charge in [-0.3, -0.25) is 0 Å². The van der Waals surface area contributed by atoms with Gasteiger partial charge in [-0.25, -0.2) is 0 Å². The molecule has 5 rings (SSSR count). The molecule has 0 aromatic heterocycles. The molecular formula is C25H31NO4. The third kappa shape index (κ3) is 3.11. The molecule has 2 unspecified atom stereocenters. The molecule has 1 saturated carbocycles. The van der Waals surface area contributed by atoms with Crippen LogP contribution in [0.25, 0.3) is 0 Å². The summed E-state index contributed by atoms with van der Waals surface area (Å²) in [5, 5.41) is 0. The molecule has 2 aromatic rings. The van der Waals surface area contributed by atoms with Gasteiger partial charge in [-0.05, 0) is 49.7 Å². The largest absolute Gasteiger partial charge is 0.493 e. The predicted octanol–water partition coefficient (Wildman–Crippen LogP) is 4.31. The molecule has 2 aliphatic heterocycles. The highest BCUT2D eigenvalue weighted by Gasteiger charge is 2.57. The van der Waals surface area contributed by atoms with Crippen molar-refractivity contribution in [2.75, 3.05) is 34.4 Å². The predicted molar refractivity (Wildman–Crippen MR) is 115 cm³/mol. The van der Waals surface area contributed by atoms with Crippen LogP contribution >= 0.6 is 0 Å². The average molecular weight is 410 g/mol. The van der Waals surface area contributed by atoms with E-state index in [-0.39, 0.29) is 11.5 Å².